The Labute approximate surface area is 172 Å². The molecule has 1 atom stereocenters. The van der Waals surface area contributed by atoms with Crippen LogP contribution < -0.4 is 5.32 Å². The van der Waals surface area contributed by atoms with E-state index in [1.165, 1.54) is 37.7 Å². The molecule has 1 amide bonds. The largest absolute Gasteiger partial charge is 0.396 e. The molecule has 6 nitrogen and oxygen atoms in total. The second-order valence-electron chi connectivity index (χ2n) is 8.42. The highest BCUT2D eigenvalue weighted by molar-refractivity contribution is 5.82. The summed E-state index contributed by atoms with van der Waals surface area (Å²) in [6.07, 6.45) is 9.17. The summed E-state index contributed by atoms with van der Waals surface area (Å²) in [4.78, 5) is 14.4. The Hall–Kier alpha value is -2.18. The lowest BCUT2D eigenvalue weighted by Crippen LogP contribution is -2.55. The number of carbonyl (C=O) groups is 1. The minimum absolute atomic E-state index is 0.00701. The van der Waals surface area contributed by atoms with Gasteiger partial charge < -0.3 is 10.4 Å². The third-order valence-electron chi connectivity index (χ3n) is 6.38. The number of nitrogens with zero attached hydrogens (tertiary/aromatic N) is 3. The van der Waals surface area contributed by atoms with Gasteiger partial charge in [0.05, 0.1) is 11.7 Å². The van der Waals surface area contributed by atoms with Crippen molar-refractivity contribution in [2.24, 2.45) is 7.05 Å². The number of aliphatic hydroxyl groups is 1. The van der Waals surface area contributed by atoms with Crippen molar-refractivity contribution >= 4 is 5.91 Å². The lowest BCUT2D eigenvalue weighted by atomic mass is 9.84. The highest BCUT2D eigenvalue weighted by Crippen LogP contribution is 2.34. The fourth-order valence-electron chi connectivity index (χ4n) is 4.85. The molecule has 0 spiro atoms. The first-order valence-electron chi connectivity index (χ1n) is 10.9. The molecule has 156 valence electrons. The molecule has 1 aromatic heterocycles. The Morgan fingerprint density at radius 2 is 1.93 bits per heavy atom. The minimum atomic E-state index is -0.282. The first-order valence-corrected chi connectivity index (χ1v) is 10.9. The third kappa shape index (κ3) is 4.54. The van der Waals surface area contributed by atoms with Crippen LogP contribution in [0.15, 0.2) is 30.5 Å². The number of aryl methyl sites for hydroxylation is 1. The van der Waals surface area contributed by atoms with E-state index in [0.717, 1.165) is 23.4 Å². The van der Waals surface area contributed by atoms with Gasteiger partial charge in [0.2, 0.25) is 5.91 Å². The van der Waals surface area contributed by atoms with Crippen LogP contribution in [-0.2, 0) is 18.4 Å². The van der Waals surface area contributed by atoms with Crippen molar-refractivity contribution in [1.82, 2.24) is 20.0 Å². The molecular weight excluding hydrogens is 364 g/mol. The first-order chi connectivity index (χ1) is 14.2. The van der Waals surface area contributed by atoms with Gasteiger partial charge in [0.1, 0.15) is 0 Å². The summed E-state index contributed by atoms with van der Waals surface area (Å²) in [6.45, 7) is 2.10. The lowest BCUT2D eigenvalue weighted by Gasteiger charge is -2.34. The van der Waals surface area contributed by atoms with E-state index in [1.807, 2.05) is 17.9 Å². The fourth-order valence-corrected chi connectivity index (χ4v) is 4.85. The van der Waals surface area contributed by atoms with E-state index in [9.17, 15) is 9.90 Å². The zero-order chi connectivity index (χ0) is 20.2. The van der Waals surface area contributed by atoms with Crippen LogP contribution in [0.2, 0.25) is 0 Å². The van der Waals surface area contributed by atoms with Gasteiger partial charge in [-0.2, -0.15) is 5.10 Å². The van der Waals surface area contributed by atoms with E-state index in [1.54, 1.807) is 0 Å². The average Bonchev–Trinajstić information content (AvgIpc) is 3.11. The molecule has 2 fully saturated rings. The summed E-state index contributed by atoms with van der Waals surface area (Å²) in [5.74, 6) is 0.708. The van der Waals surface area contributed by atoms with Crippen LogP contribution in [0.4, 0.5) is 0 Å². The zero-order valence-electron chi connectivity index (χ0n) is 17.3. The van der Waals surface area contributed by atoms with Gasteiger partial charge in [0.25, 0.3) is 0 Å². The molecule has 1 aromatic carbocycles. The van der Waals surface area contributed by atoms with Gasteiger partial charge in [0, 0.05) is 50.6 Å². The van der Waals surface area contributed by atoms with Crippen molar-refractivity contribution in [1.29, 1.82) is 0 Å². The normalized spacial score (nSPS) is 21.3. The van der Waals surface area contributed by atoms with Crippen molar-refractivity contribution < 1.29 is 9.90 Å². The van der Waals surface area contributed by atoms with Crippen molar-refractivity contribution in [2.45, 2.75) is 57.0 Å². The number of rotatable bonds is 6. The van der Waals surface area contributed by atoms with Gasteiger partial charge in [-0.1, -0.05) is 43.5 Å². The molecular formula is C23H32N4O2. The maximum absolute atomic E-state index is 12.2. The Morgan fingerprint density at radius 3 is 2.66 bits per heavy atom. The Balaban J connectivity index is 1.54. The number of hydrogen-bond donors (Lipinski definition) is 2. The number of benzene rings is 1. The van der Waals surface area contributed by atoms with Crippen molar-refractivity contribution in [3.63, 3.8) is 0 Å². The van der Waals surface area contributed by atoms with Gasteiger partial charge in [-0.05, 0) is 30.7 Å². The standard InChI is InChI=1S/C23H32N4O2/c1-26-15-20(16-27-13-12-24-23(29)21(27)11-14-28)22(25-26)19-9-7-18(8-10-19)17-5-3-2-4-6-17/h7-10,15,17,21,28H,2-6,11-14,16H2,1H3,(H,24,29). The number of piperazine rings is 1. The molecule has 2 heterocycles. The molecule has 0 radical (unpaired) electrons. The van der Waals surface area contributed by atoms with Crippen molar-refractivity contribution in [3.05, 3.63) is 41.6 Å². The molecule has 2 aliphatic rings. The van der Waals surface area contributed by atoms with E-state index in [-0.39, 0.29) is 18.6 Å². The molecule has 0 bridgehead atoms. The van der Waals surface area contributed by atoms with Gasteiger partial charge >= 0.3 is 0 Å². The van der Waals surface area contributed by atoms with Crippen LogP contribution in [-0.4, -0.2) is 51.4 Å². The topological polar surface area (TPSA) is 70.4 Å². The number of aromatic nitrogens is 2. The molecule has 2 aromatic rings. The second-order valence-corrected chi connectivity index (χ2v) is 8.42. The number of aliphatic hydroxyl groups excluding tert-OH is 1. The monoisotopic (exact) mass is 396 g/mol. The SMILES string of the molecule is Cn1cc(CN2CCNC(=O)C2CCO)c(-c2ccc(C3CCCCC3)cc2)n1. The van der Waals surface area contributed by atoms with E-state index in [4.69, 9.17) is 5.10 Å². The number of carbonyl (C=O) groups excluding carboxylic acids is 1. The summed E-state index contributed by atoms with van der Waals surface area (Å²) in [5.41, 5.74) is 4.67. The van der Waals surface area contributed by atoms with E-state index in [0.29, 0.717) is 25.4 Å². The van der Waals surface area contributed by atoms with Crippen LogP contribution in [0, 0.1) is 0 Å². The average molecular weight is 397 g/mol. The maximum atomic E-state index is 12.2. The Kier molecular flexibility index (Phi) is 6.31. The Bertz CT molecular complexity index is 824. The zero-order valence-corrected chi connectivity index (χ0v) is 17.3. The van der Waals surface area contributed by atoms with Gasteiger partial charge in [-0.3, -0.25) is 14.4 Å². The third-order valence-corrected chi connectivity index (χ3v) is 6.38. The van der Waals surface area contributed by atoms with Crippen LogP contribution in [0.25, 0.3) is 11.3 Å². The molecule has 4 rings (SSSR count). The maximum Gasteiger partial charge on any atom is 0.237 e. The van der Waals surface area contributed by atoms with Crippen LogP contribution >= 0.6 is 0 Å². The second kappa shape index (κ2) is 9.09. The van der Waals surface area contributed by atoms with E-state index >= 15 is 0 Å². The van der Waals surface area contributed by atoms with E-state index < -0.39 is 0 Å². The Morgan fingerprint density at radius 1 is 1.17 bits per heavy atom. The summed E-state index contributed by atoms with van der Waals surface area (Å²) in [7, 11) is 1.94. The molecule has 29 heavy (non-hydrogen) atoms. The summed E-state index contributed by atoms with van der Waals surface area (Å²) >= 11 is 0. The highest BCUT2D eigenvalue weighted by Gasteiger charge is 2.30. The molecule has 1 unspecified atom stereocenters. The highest BCUT2D eigenvalue weighted by atomic mass is 16.3. The predicted octanol–water partition coefficient (Wildman–Crippen LogP) is 2.82. The predicted molar refractivity (Wildman–Crippen MR) is 113 cm³/mol. The summed E-state index contributed by atoms with van der Waals surface area (Å²) in [5, 5.41) is 17.0. The smallest absolute Gasteiger partial charge is 0.237 e. The van der Waals surface area contributed by atoms with Crippen molar-refractivity contribution in [3.8, 4) is 11.3 Å². The van der Waals surface area contributed by atoms with Crippen LogP contribution in [0.5, 0.6) is 0 Å². The fraction of sp³-hybridized carbons (Fsp3) is 0.565. The van der Waals surface area contributed by atoms with Gasteiger partial charge in [0.15, 0.2) is 0 Å². The lowest BCUT2D eigenvalue weighted by molar-refractivity contribution is -0.129. The molecule has 1 aliphatic carbocycles. The summed E-state index contributed by atoms with van der Waals surface area (Å²) in [6, 6.07) is 8.66. The molecule has 1 saturated heterocycles. The number of amides is 1. The number of nitrogens with one attached hydrogen (secondary N) is 1. The molecule has 2 N–H and O–H groups in total. The quantitative estimate of drug-likeness (QED) is 0.788. The minimum Gasteiger partial charge on any atom is -0.396 e. The van der Waals surface area contributed by atoms with Crippen molar-refractivity contribution in [2.75, 3.05) is 19.7 Å². The molecule has 1 aliphatic heterocycles. The van der Waals surface area contributed by atoms with Crippen LogP contribution in [0.1, 0.15) is 55.6 Å². The summed E-state index contributed by atoms with van der Waals surface area (Å²) < 4.78 is 1.85. The van der Waals surface area contributed by atoms with Gasteiger partial charge in [-0.15, -0.1) is 0 Å². The van der Waals surface area contributed by atoms with E-state index in [2.05, 4.69) is 34.5 Å². The molecule has 6 heteroatoms. The van der Waals surface area contributed by atoms with Gasteiger partial charge in [-0.25, -0.2) is 0 Å². The first kappa shape index (κ1) is 20.1. The number of hydrogen-bond acceptors (Lipinski definition) is 4. The molecule has 1 saturated carbocycles. The van der Waals surface area contributed by atoms with Crippen LogP contribution in [0.3, 0.4) is 0 Å².